The second kappa shape index (κ2) is 8.59. The maximum atomic E-state index is 13.1. The number of hydrogen-bond acceptors (Lipinski definition) is 5. The van der Waals surface area contributed by atoms with E-state index in [0.29, 0.717) is 25.2 Å². The molecular weight excluding hydrogens is 382 g/mol. The highest BCUT2D eigenvalue weighted by atomic mass is 16.3. The number of anilines is 1. The molecule has 3 rings (SSSR count). The Morgan fingerprint density at radius 2 is 1.87 bits per heavy atom. The quantitative estimate of drug-likeness (QED) is 0.742. The summed E-state index contributed by atoms with van der Waals surface area (Å²) in [6.07, 6.45) is 3.36. The Balaban J connectivity index is 1.83. The molecule has 30 heavy (non-hydrogen) atoms. The number of likely N-dealkylation sites (N-methyl/N-ethyl adjacent to an activating group) is 2. The van der Waals surface area contributed by atoms with E-state index in [1.54, 1.807) is 29.8 Å². The van der Waals surface area contributed by atoms with Gasteiger partial charge in [-0.3, -0.25) is 9.59 Å². The first kappa shape index (κ1) is 21.4. The van der Waals surface area contributed by atoms with Gasteiger partial charge in [0.2, 0.25) is 5.91 Å². The van der Waals surface area contributed by atoms with E-state index in [2.05, 4.69) is 0 Å². The minimum absolute atomic E-state index is 0.0870. The Morgan fingerprint density at radius 3 is 2.53 bits per heavy atom. The molecule has 1 aliphatic rings. The lowest BCUT2D eigenvalue weighted by molar-refractivity contribution is -0.113. The maximum Gasteiger partial charge on any atom is 0.258 e. The number of amides is 2. The van der Waals surface area contributed by atoms with Gasteiger partial charge in [0.25, 0.3) is 5.91 Å². The normalized spacial score (nSPS) is 13.2. The monoisotopic (exact) mass is 409 g/mol. The first-order chi connectivity index (χ1) is 14.2. The van der Waals surface area contributed by atoms with Crippen molar-refractivity contribution in [1.82, 2.24) is 9.80 Å². The van der Waals surface area contributed by atoms with Crippen LogP contribution >= 0.6 is 0 Å². The molecule has 0 fully saturated rings. The first-order valence-electron chi connectivity index (χ1n) is 9.70. The van der Waals surface area contributed by atoms with Crippen molar-refractivity contribution in [3.8, 4) is 11.5 Å². The van der Waals surface area contributed by atoms with Crippen LogP contribution in [0.25, 0.3) is 0 Å². The van der Waals surface area contributed by atoms with Gasteiger partial charge >= 0.3 is 0 Å². The van der Waals surface area contributed by atoms with E-state index in [0.717, 1.165) is 16.8 Å². The van der Waals surface area contributed by atoms with E-state index < -0.39 is 0 Å². The van der Waals surface area contributed by atoms with Gasteiger partial charge in [0.15, 0.2) is 0 Å². The highest BCUT2D eigenvalue weighted by Crippen LogP contribution is 2.34. The van der Waals surface area contributed by atoms with Gasteiger partial charge in [-0.05, 0) is 44.3 Å². The summed E-state index contributed by atoms with van der Waals surface area (Å²) in [7, 11) is 5.59. The molecule has 2 amide bonds. The van der Waals surface area contributed by atoms with Crippen LogP contribution in [0.2, 0.25) is 0 Å². The standard InChI is InChI=1S/C23H27N3O4/c1-15-11-17(27)12-20(28)22(15)23(30)26-13-16-7-5-8-19(18(16)14-26)25(4)21(29)9-6-10-24(2)3/h5-9,11-12,27-28H,10,13-14H2,1-4H3/b9-6+. The molecular formula is C23H27N3O4. The lowest BCUT2D eigenvalue weighted by atomic mass is 10.1. The molecule has 0 radical (unpaired) electrons. The zero-order valence-electron chi connectivity index (χ0n) is 17.7. The summed E-state index contributed by atoms with van der Waals surface area (Å²) in [6, 6.07) is 8.30. The van der Waals surface area contributed by atoms with Crippen molar-refractivity contribution in [3.05, 3.63) is 64.7 Å². The molecule has 7 nitrogen and oxygen atoms in total. The molecule has 0 saturated carbocycles. The number of nitrogens with zero attached hydrogens (tertiary/aromatic N) is 3. The van der Waals surface area contributed by atoms with E-state index in [1.807, 2.05) is 43.3 Å². The summed E-state index contributed by atoms with van der Waals surface area (Å²) >= 11 is 0. The number of carbonyl (C=O) groups excluding carboxylic acids is 2. The zero-order chi connectivity index (χ0) is 22.0. The molecule has 2 aromatic rings. The summed E-state index contributed by atoms with van der Waals surface area (Å²) in [5, 5.41) is 19.8. The van der Waals surface area contributed by atoms with Crippen LogP contribution in [-0.4, -0.2) is 59.5 Å². The van der Waals surface area contributed by atoms with Crippen molar-refractivity contribution in [2.45, 2.75) is 20.0 Å². The minimum Gasteiger partial charge on any atom is -0.508 e. The predicted molar refractivity (Wildman–Crippen MR) is 116 cm³/mol. The van der Waals surface area contributed by atoms with Crippen LogP contribution in [0.3, 0.4) is 0 Å². The van der Waals surface area contributed by atoms with Crippen molar-refractivity contribution < 1.29 is 19.8 Å². The highest BCUT2D eigenvalue weighted by molar-refractivity contribution is 6.02. The Hall–Kier alpha value is -3.32. The molecule has 1 heterocycles. The van der Waals surface area contributed by atoms with Crippen LogP contribution < -0.4 is 4.90 Å². The Morgan fingerprint density at radius 1 is 1.13 bits per heavy atom. The predicted octanol–water partition coefficient (Wildman–Crippen LogP) is 2.64. The fourth-order valence-corrected chi connectivity index (χ4v) is 3.64. The number of aromatic hydroxyl groups is 2. The molecule has 0 bridgehead atoms. The van der Waals surface area contributed by atoms with Gasteiger partial charge in [-0.15, -0.1) is 0 Å². The number of carbonyl (C=O) groups is 2. The summed E-state index contributed by atoms with van der Waals surface area (Å²) in [5.74, 6) is -0.780. The number of rotatable bonds is 5. The SMILES string of the molecule is Cc1cc(O)cc(O)c1C(=O)N1Cc2cccc(N(C)C(=O)/C=C/CN(C)C)c2C1. The average molecular weight is 409 g/mol. The van der Waals surface area contributed by atoms with Gasteiger partial charge in [0, 0.05) is 50.1 Å². The second-order valence-electron chi connectivity index (χ2n) is 7.79. The van der Waals surface area contributed by atoms with Crippen LogP contribution in [0.1, 0.15) is 27.0 Å². The van der Waals surface area contributed by atoms with Gasteiger partial charge in [-0.2, -0.15) is 0 Å². The molecule has 0 aromatic heterocycles. The van der Waals surface area contributed by atoms with E-state index in [4.69, 9.17) is 0 Å². The molecule has 158 valence electrons. The molecule has 7 heteroatoms. The Kier molecular flexibility index (Phi) is 6.12. The van der Waals surface area contributed by atoms with Crippen LogP contribution in [0, 0.1) is 6.92 Å². The van der Waals surface area contributed by atoms with Crippen LogP contribution in [0.5, 0.6) is 11.5 Å². The molecule has 0 spiro atoms. The third-order valence-corrected chi connectivity index (χ3v) is 5.18. The third-order valence-electron chi connectivity index (χ3n) is 5.18. The minimum atomic E-state index is -0.313. The summed E-state index contributed by atoms with van der Waals surface area (Å²) < 4.78 is 0. The number of benzene rings is 2. The van der Waals surface area contributed by atoms with Gasteiger partial charge in [-0.1, -0.05) is 18.2 Å². The van der Waals surface area contributed by atoms with Gasteiger partial charge < -0.3 is 24.9 Å². The molecule has 2 N–H and O–H groups in total. The topological polar surface area (TPSA) is 84.3 Å². The van der Waals surface area contributed by atoms with Crippen LogP contribution in [0.4, 0.5) is 5.69 Å². The number of phenols is 2. The number of aryl methyl sites for hydroxylation is 1. The Labute approximate surface area is 176 Å². The zero-order valence-corrected chi connectivity index (χ0v) is 17.7. The van der Waals surface area contributed by atoms with Crippen LogP contribution in [-0.2, 0) is 17.9 Å². The molecule has 0 saturated heterocycles. The molecule has 2 aromatic carbocycles. The summed E-state index contributed by atoms with van der Waals surface area (Å²) in [6.45, 7) is 3.07. The van der Waals surface area contributed by atoms with Crippen molar-refractivity contribution in [2.75, 3.05) is 32.6 Å². The lowest BCUT2D eigenvalue weighted by Crippen LogP contribution is -2.27. The molecule has 1 aliphatic heterocycles. The van der Waals surface area contributed by atoms with Gasteiger partial charge in [-0.25, -0.2) is 0 Å². The van der Waals surface area contributed by atoms with Crippen LogP contribution in [0.15, 0.2) is 42.5 Å². The van der Waals surface area contributed by atoms with Crippen molar-refractivity contribution in [2.24, 2.45) is 0 Å². The second-order valence-corrected chi connectivity index (χ2v) is 7.79. The smallest absolute Gasteiger partial charge is 0.258 e. The number of phenolic OH excluding ortho intramolecular Hbond substituents is 2. The van der Waals surface area contributed by atoms with Crippen molar-refractivity contribution in [1.29, 1.82) is 0 Å². The average Bonchev–Trinajstić information content (AvgIpc) is 3.10. The number of fused-ring (bicyclic) bond motifs is 1. The third kappa shape index (κ3) is 4.31. The van der Waals surface area contributed by atoms with E-state index in [1.165, 1.54) is 12.1 Å². The molecule has 0 atom stereocenters. The Bertz CT molecular complexity index is 990. The van der Waals surface area contributed by atoms with Gasteiger partial charge in [0.1, 0.15) is 11.5 Å². The molecule has 0 unspecified atom stereocenters. The van der Waals surface area contributed by atoms with Crippen molar-refractivity contribution >= 4 is 17.5 Å². The van der Waals surface area contributed by atoms with E-state index in [9.17, 15) is 19.8 Å². The molecule has 0 aliphatic carbocycles. The van der Waals surface area contributed by atoms with Crippen molar-refractivity contribution in [3.63, 3.8) is 0 Å². The van der Waals surface area contributed by atoms with E-state index in [-0.39, 0.29) is 28.9 Å². The van der Waals surface area contributed by atoms with E-state index >= 15 is 0 Å². The summed E-state index contributed by atoms with van der Waals surface area (Å²) in [5.41, 5.74) is 3.33. The largest absolute Gasteiger partial charge is 0.508 e. The fraction of sp³-hybridized carbons (Fsp3) is 0.304. The van der Waals surface area contributed by atoms with Gasteiger partial charge in [0.05, 0.1) is 5.56 Å². The fourth-order valence-electron chi connectivity index (χ4n) is 3.64. The first-order valence-corrected chi connectivity index (χ1v) is 9.70. The summed E-state index contributed by atoms with van der Waals surface area (Å²) in [4.78, 5) is 30.8. The number of hydrogen-bond donors (Lipinski definition) is 2. The maximum absolute atomic E-state index is 13.1. The highest BCUT2D eigenvalue weighted by Gasteiger charge is 2.30. The lowest BCUT2D eigenvalue weighted by Gasteiger charge is -2.20.